The van der Waals surface area contributed by atoms with Crippen molar-refractivity contribution >= 4 is 5.97 Å². The van der Waals surface area contributed by atoms with Crippen LogP contribution in [-0.4, -0.2) is 17.6 Å². The first-order valence-electron chi connectivity index (χ1n) is 4.59. The second-order valence-corrected chi connectivity index (χ2v) is 3.03. The lowest BCUT2D eigenvalue weighted by molar-refractivity contribution is 0.0516. The minimum absolute atomic E-state index is 0.0603. The summed E-state index contributed by atoms with van der Waals surface area (Å²) in [7, 11) is 0. The topological polar surface area (TPSA) is 39.2 Å². The van der Waals surface area contributed by atoms with Crippen molar-refractivity contribution in [3.05, 3.63) is 28.8 Å². The lowest BCUT2D eigenvalue weighted by atomic mass is 10.1. The van der Waals surface area contributed by atoms with Crippen molar-refractivity contribution in [2.75, 3.05) is 6.61 Å². The standard InChI is InChI=1S/C10H10F3NO2/c1-3-16-10(15)8-5(2)6(9(12)13)4-7(11)14-8/h4,9H,3H2,1-2H3. The molecule has 1 heterocycles. The van der Waals surface area contributed by atoms with E-state index in [1.54, 1.807) is 6.92 Å². The molecule has 0 bridgehead atoms. The first kappa shape index (κ1) is 12.5. The summed E-state index contributed by atoms with van der Waals surface area (Å²) in [4.78, 5) is 14.6. The van der Waals surface area contributed by atoms with Crippen LogP contribution in [0.2, 0.25) is 0 Å². The summed E-state index contributed by atoms with van der Waals surface area (Å²) in [6.45, 7) is 2.90. The van der Waals surface area contributed by atoms with E-state index in [2.05, 4.69) is 9.72 Å². The second-order valence-electron chi connectivity index (χ2n) is 3.03. The summed E-state index contributed by atoms with van der Waals surface area (Å²) in [5.74, 6) is -2.02. The SMILES string of the molecule is CCOC(=O)c1nc(F)cc(C(F)F)c1C. The summed E-state index contributed by atoms with van der Waals surface area (Å²) >= 11 is 0. The third-order valence-corrected chi connectivity index (χ3v) is 1.99. The lowest BCUT2D eigenvalue weighted by Crippen LogP contribution is -2.12. The lowest BCUT2D eigenvalue weighted by Gasteiger charge is -2.09. The molecule has 0 spiro atoms. The van der Waals surface area contributed by atoms with Crippen LogP contribution in [0.1, 0.15) is 35.0 Å². The summed E-state index contributed by atoms with van der Waals surface area (Å²) in [6.07, 6.45) is -2.86. The van der Waals surface area contributed by atoms with E-state index in [1.165, 1.54) is 6.92 Å². The molecule has 1 aromatic heterocycles. The average Bonchev–Trinajstić information content (AvgIpc) is 2.20. The van der Waals surface area contributed by atoms with Gasteiger partial charge in [-0.25, -0.2) is 18.6 Å². The van der Waals surface area contributed by atoms with Crippen LogP contribution in [0, 0.1) is 12.9 Å². The van der Waals surface area contributed by atoms with Gasteiger partial charge in [-0.15, -0.1) is 0 Å². The number of halogens is 3. The molecule has 1 aromatic rings. The number of nitrogens with zero attached hydrogens (tertiary/aromatic N) is 1. The minimum atomic E-state index is -2.86. The van der Waals surface area contributed by atoms with Crippen LogP contribution in [0.3, 0.4) is 0 Å². The van der Waals surface area contributed by atoms with E-state index in [0.29, 0.717) is 6.07 Å². The van der Waals surface area contributed by atoms with Crippen molar-refractivity contribution in [1.29, 1.82) is 0 Å². The monoisotopic (exact) mass is 233 g/mol. The van der Waals surface area contributed by atoms with E-state index in [-0.39, 0.29) is 12.2 Å². The number of rotatable bonds is 3. The van der Waals surface area contributed by atoms with Crippen LogP contribution in [0.5, 0.6) is 0 Å². The van der Waals surface area contributed by atoms with Gasteiger partial charge in [0.05, 0.1) is 6.61 Å². The maximum Gasteiger partial charge on any atom is 0.357 e. The number of alkyl halides is 2. The highest BCUT2D eigenvalue weighted by atomic mass is 19.3. The van der Waals surface area contributed by atoms with Crippen molar-refractivity contribution < 1.29 is 22.7 Å². The predicted molar refractivity (Wildman–Crippen MR) is 49.8 cm³/mol. The van der Waals surface area contributed by atoms with Crippen molar-refractivity contribution in [3.8, 4) is 0 Å². The summed E-state index contributed by atoms with van der Waals surface area (Å²) in [6, 6.07) is 0.614. The van der Waals surface area contributed by atoms with E-state index in [0.717, 1.165) is 0 Å². The molecule has 0 N–H and O–H groups in total. The third kappa shape index (κ3) is 2.50. The maximum absolute atomic E-state index is 12.9. The Morgan fingerprint density at radius 1 is 1.56 bits per heavy atom. The summed E-state index contributed by atoms with van der Waals surface area (Å²) in [5.41, 5.74) is -1.01. The fraction of sp³-hybridized carbons (Fsp3) is 0.400. The molecule has 0 fully saturated rings. The fourth-order valence-corrected chi connectivity index (χ4v) is 1.22. The molecule has 0 saturated heterocycles. The van der Waals surface area contributed by atoms with Gasteiger partial charge in [0.1, 0.15) is 0 Å². The zero-order valence-corrected chi connectivity index (χ0v) is 8.76. The van der Waals surface area contributed by atoms with Gasteiger partial charge in [-0.05, 0) is 19.4 Å². The molecule has 0 aliphatic heterocycles. The Labute approximate surface area is 90.2 Å². The summed E-state index contributed by atoms with van der Waals surface area (Å²) in [5, 5.41) is 0. The number of carbonyl (C=O) groups excluding carboxylic acids is 1. The van der Waals surface area contributed by atoms with E-state index in [4.69, 9.17) is 0 Å². The average molecular weight is 233 g/mol. The van der Waals surface area contributed by atoms with E-state index < -0.39 is 29.6 Å². The van der Waals surface area contributed by atoms with Gasteiger partial charge >= 0.3 is 5.97 Å². The molecule has 0 saturated carbocycles. The number of ether oxygens (including phenoxy) is 1. The fourth-order valence-electron chi connectivity index (χ4n) is 1.22. The molecule has 0 aliphatic rings. The van der Waals surface area contributed by atoms with Crippen molar-refractivity contribution in [3.63, 3.8) is 0 Å². The first-order valence-corrected chi connectivity index (χ1v) is 4.59. The zero-order chi connectivity index (χ0) is 12.3. The molecule has 0 atom stereocenters. The Morgan fingerprint density at radius 3 is 2.69 bits per heavy atom. The third-order valence-electron chi connectivity index (χ3n) is 1.99. The maximum atomic E-state index is 12.9. The number of pyridine rings is 1. The van der Waals surface area contributed by atoms with Crippen molar-refractivity contribution in [2.45, 2.75) is 20.3 Å². The Bertz CT molecular complexity index is 407. The first-order chi connectivity index (χ1) is 7.47. The highest BCUT2D eigenvalue weighted by Gasteiger charge is 2.21. The number of esters is 1. The number of hydrogen-bond donors (Lipinski definition) is 0. The highest BCUT2D eigenvalue weighted by molar-refractivity contribution is 5.89. The van der Waals surface area contributed by atoms with Crippen LogP contribution < -0.4 is 0 Å². The van der Waals surface area contributed by atoms with Gasteiger partial charge in [0.2, 0.25) is 5.95 Å². The molecule has 16 heavy (non-hydrogen) atoms. The molecule has 1 rings (SSSR count). The van der Waals surface area contributed by atoms with E-state index >= 15 is 0 Å². The molecule has 0 aliphatic carbocycles. The predicted octanol–water partition coefficient (Wildman–Crippen LogP) is 2.64. The number of aromatic nitrogens is 1. The Kier molecular flexibility index (Phi) is 3.87. The molecular formula is C10H10F3NO2. The highest BCUT2D eigenvalue weighted by Crippen LogP contribution is 2.24. The molecule has 3 nitrogen and oxygen atoms in total. The Balaban J connectivity index is 3.24. The van der Waals surface area contributed by atoms with E-state index in [9.17, 15) is 18.0 Å². The normalized spacial score (nSPS) is 10.6. The van der Waals surface area contributed by atoms with Gasteiger partial charge in [-0.2, -0.15) is 4.39 Å². The second kappa shape index (κ2) is 4.96. The van der Waals surface area contributed by atoms with Gasteiger partial charge in [0.15, 0.2) is 5.69 Å². The van der Waals surface area contributed by atoms with Crippen molar-refractivity contribution in [2.24, 2.45) is 0 Å². The molecular weight excluding hydrogens is 223 g/mol. The van der Waals surface area contributed by atoms with Crippen LogP contribution in [0.15, 0.2) is 6.07 Å². The largest absolute Gasteiger partial charge is 0.461 e. The van der Waals surface area contributed by atoms with Gasteiger partial charge in [0, 0.05) is 11.6 Å². The van der Waals surface area contributed by atoms with E-state index in [1.807, 2.05) is 0 Å². The van der Waals surface area contributed by atoms with Crippen molar-refractivity contribution in [1.82, 2.24) is 4.98 Å². The number of hydrogen-bond acceptors (Lipinski definition) is 3. The van der Waals surface area contributed by atoms with Crippen LogP contribution >= 0.6 is 0 Å². The Morgan fingerprint density at radius 2 is 2.19 bits per heavy atom. The molecule has 6 heteroatoms. The molecule has 0 amide bonds. The molecule has 88 valence electrons. The van der Waals surface area contributed by atoms with Gasteiger partial charge in [-0.1, -0.05) is 0 Å². The minimum Gasteiger partial charge on any atom is -0.461 e. The molecule has 0 radical (unpaired) electrons. The summed E-state index contributed by atoms with van der Waals surface area (Å²) < 4.78 is 42.5. The molecule has 0 unspecified atom stereocenters. The van der Waals surface area contributed by atoms with Crippen LogP contribution in [0.25, 0.3) is 0 Å². The van der Waals surface area contributed by atoms with Crippen LogP contribution in [-0.2, 0) is 4.74 Å². The zero-order valence-electron chi connectivity index (χ0n) is 8.76. The van der Waals surface area contributed by atoms with Gasteiger partial charge < -0.3 is 4.74 Å². The van der Waals surface area contributed by atoms with Gasteiger partial charge in [0.25, 0.3) is 6.43 Å². The smallest absolute Gasteiger partial charge is 0.357 e. The number of carbonyl (C=O) groups is 1. The van der Waals surface area contributed by atoms with Gasteiger partial charge in [-0.3, -0.25) is 0 Å². The van der Waals surface area contributed by atoms with Crippen LogP contribution in [0.4, 0.5) is 13.2 Å². The Hall–Kier alpha value is -1.59. The molecule has 0 aromatic carbocycles. The quantitative estimate of drug-likeness (QED) is 0.595.